The summed E-state index contributed by atoms with van der Waals surface area (Å²) >= 11 is 0. The van der Waals surface area contributed by atoms with Crippen molar-refractivity contribution in [2.75, 3.05) is 6.61 Å². The van der Waals surface area contributed by atoms with Gasteiger partial charge in [-0.15, -0.1) is 13.2 Å². The fraction of sp³-hybridized carbons (Fsp3) is 0.211. The molecule has 1 aliphatic rings. The van der Waals surface area contributed by atoms with Crippen molar-refractivity contribution in [3.8, 4) is 11.5 Å². The smallest absolute Gasteiger partial charge is 0.491 e. The molecule has 2 aromatic heterocycles. The van der Waals surface area contributed by atoms with Crippen molar-refractivity contribution in [3.05, 3.63) is 72.0 Å². The fourth-order valence-electron chi connectivity index (χ4n) is 3.29. The molecule has 156 valence electrons. The van der Waals surface area contributed by atoms with Crippen LogP contribution < -0.4 is 14.8 Å². The van der Waals surface area contributed by atoms with Gasteiger partial charge in [-0.3, -0.25) is 9.78 Å². The van der Waals surface area contributed by atoms with E-state index in [2.05, 4.69) is 20.0 Å². The van der Waals surface area contributed by atoms with Crippen LogP contribution in [0.4, 0.5) is 17.6 Å². The van der Waals surface area contributed by atoms with E-state index in [9.17, 15) is 22.4 Å². The average Bonchev–Trinajstić information content (AvgIpc) is 3.24. The highest BCUT2D eigenvalue weighted by atomic mass is 19.4. The first kappa shape index (κ1) is 19.7. The van der Waals surface area contributed by atoms with Crippen molar-refractivity contribution in [1.82, 2.24) is 15.3 Å². The van der Waals surface area contributed by atoms with E-state index >= 15 is 0 Å². The standard InChI is InChI=1S/C19H13F4N3O4/c20-12-10-11(3-4-13(12)30-19(21,22)23)18(26-16(27)17-25-7-9-29-17)5-8-28-14-2-1-6-24-15(14)18/h1-4,6-7,9-10H,5,8H2,(H,26,27)/t18-/m0/s1. The molecule has 3 heterocycles. The van der Waals surface area contributed by atoms with Crippen molar-refractivity contribution in [1.29, 1.82) is 0 Å². The molecule has 0 saturated heterocycles. The second-order valence-corrected chi connectivity index (χ2v) is 6.34. The largest absolute Gasteiger partial charge is 0.573 e. The second-order valence-electron chi connectivity index (χ2n) is 6.34. The van der Waals surface area contributed by atoms with E-state index in [4.69, 9.17) is 9.15 Å². The van der Waals surface area contributed by atoms with E-state index < -0.39 is 29.4 Å². The molecule has 0 fully saturated rings. The molecule has 1 N–H and O–H groups in total. The molecule has 1 atom stereocenters. The first-order valence-electron chi connectivity index (χ1n) is 8.64. The number of carbonyl (C=O) groups is 1. The number of pyridine rings is 1. The van der Waals surface area contributed by atoms with Crippen LogP contribution in [0.5, 0.6) is 11.5 Å². The van der Waals surface area contributed by atoms with Gasteiger partial charge >= 0.3 is 12.3 Å². The topological polar surface area (TPSA) is 86.5 Å². The summed E-state index contributed by atoms with van der Waals surface area (Å²) in [6.07, 6.45) is -0.979. The Balaban J connectivity index is 1.81. The maximum absolute atomic E-state index is 14.5. The molecule has 1 aliphatic heterocycles. The third kappa shape index (κ3) is 3.65. The van der Waals surface area contributed by atoms with Gasteiger partial charge in [0.25, 0.3) is 5.89 Å². The first-order chi connectivity index (χ1) is 14.3. The number of oxazole rings is 1. The van der Waals surface area contributed by atoms with Crippen molar-refractivity contribution >= 4 is 5.91 Å². The number of halogens is 4. The molecule has 1 amide bonds. The fourth-order valence-corrected chi connectivity index (χ4v) is 3.29. The molecule has 1 aromatic carbocycles. The van der Waals surface area contributed by atoms with Crippen molar-refractivity contribution in [3.63, 3.8) is 0 Å². The van der Waals surface area contributed by atoms with E-state index in [0.29, 0.717) is 5.75 Å². The molecule has 0 unspecified atom stereocenters. The molecular formula is C19H13F4N3O4. The summed E-state index contributed by atoms with van der Waals surface area (Å²) in [4.78, 5) is 20.8. The Morgan fingerprint density at radius 1 is 1.20 bits per heavy atom. The maximum Gasteiger partial charge on any atom is 0.573 e. The summed E-state index contributed by atoms with van der Waals surface area (Å²) < 4.78 is 66.2. The summed E-state index contributed by atoms with van der Waals surface area (Å²) in [7, 11) is 0. The predicted molar refractivity (Wildman–Crippen MR) is 92.2 cm³/mol. The SMILES string of the molecule is O=C(N[C@]1(c2ccc(OC(F)(F)F)c(F)c2)CCOc2cccnc21)c1ncco1. The number of nitrogens with one attached hydrogen (secondary N) is 1. The van der Waals surface area contributed by atoms with Gasteiger partial charge in [-0.25, -0.2) is 9.37 Å². The molecule has 0 radical (unpaired) electrons. The van der Waals surface area contributed by atoms with Gasteiger partial charge in [-0.1, -0.05) is 6.07 Å². The summed E-state index contributed by atoms with van der Waals surface area (Å²) in [5, 5.41) is 2.73. The number of rotatable bonds is 4. The number of hydrogen-bond acceptors (Lipinski definition) is 6. The number of benzene rings is 1. The van der Waals surface area contributed by atoms with Crippen LogP contribution in [0.2, 0.25) is 0 Å². The third-order valence-corrected chi connectivity index (χ3v) is 4.51. The van der Waals surface area contributed by atoms with Crippen LogP contribution in [-0.2, 0) is 5.54 Å². The van der Waals surface area contributed by atoms with Crippen molar-refractivity contribution < 1.29 is 36.2 Å². The summed E-state index contributed by atoms with van der Waals surface area (Å²) in [6.45, 7) is 0.132. The highest BCUT2D eigenvalue weighted by Gasteiger charge is 2.44. The van der Waals surface area contributed by atoms with Crippen molar-refractivity contribution in [2.24, 2.45) is 0 Å². The molecule has 0 aliphatic carbocycles. The van der Waals surface area contributed by atoms with Gasteiger partial charge in [-0.2, -0.15) is 0 Å². The summed E-state index contributed by atoms with van der Waals surface area (Å²) in [5.74, 6) is -2.86. The zero-order valence-electron chi connectivity index (χ0n) is 15.1. The van der Waals surface area contributed by atoms with Crippen LogP contribution in [0.1, 0.15) is 28.4 Å². The van der Waals surface area contributed by atoms with Crippen molar-refractivity contribution in [2.45, 2.75) is 18.3 Å². The molecule has 0 spiro atoms. The Hall–Kier alpha value is -3.63. The Labute approximate surface area is 166 Å². The maximum atomic E-state index is 14.5. The molecule has 0 saturated carbocycles. The lowest BCUT2D eigenvalue weighted by molar-refractivity contribution is -0.275. The molecular weight excluding hydrogens is 410 g/mol. The number of hydrogen-bond donors (Lipinski definition) is 1. The van der Waals surface area contributed by atoms with E-state index in [-0.39, 0.29) is 30.2 Å². The van der Waals surface area contributed by atoms with E-state index in [1.54, 1.807) is 12.1 Å². The molecule has 3 aromatic rings. The van der Waals surface area contributed by atoms with Crippen LogP contribution in [0.3, 0.4) is 0 Å². The van der Waals surface area contributed by atoms with Gasteiger partial charge in [0.05, 0.1) is 12.8 Å². The Bertz CT molecular complexity index is 1070. The lowest BCUT2D eigenvalue weighted by Crippen LogP contribution is -2.50. The second kappa shape index (κ2) is 7.32. The van der Waals surface area contributed by atoms with Crippen LogP contribution in [0.15, 0.2) is 53.4 Å². The monoisotopic (exact) mass is 423 g/mol. The molecule has 7 nitrogen and oxygen atoms in total. The number of fused-ring (bicyclic) bond motifs is 1. The van der Waals surface area contributed by atoms with Crippen LogP contribution in [0, 0.1) is 5.82 Å². The number of carbonyl (C=O) groups excluding carboxylic acids is 1. The van der Waals surface area contributed by atoms with E-state index in [1.165, 1.54) is 24.7 Å². The third-order valence-electron chi connectivity index (χ3n) is 4.51. The minimum Gasteiger partial charge on any atom is -0.491 e. The molecule has 0 bridgehead atoms. The Kier molecular flexibility index (Phi) is 4.80. The number of amides is 1. The normalized spacial score (nSPS) is 18.3. The first-order valence-corrected chi connectivity index (χ1v) is 8.64. The number of alkyl halides is 3. The van der Waals surface area contributed by atoms with Crippen LogP contribution in [-0.4, -0.2) is 28.8 Å². The molecule has 11 heteroatoms. The summed E-state index contributed by atoms with van der Waals surface area (Å²) in [5.41, 5.74) is -0.990. The van der Waals surface area contributed by atoms with Crippen LogP contribution in [0.25, 0.3) is 0 Å². The molecule has 4 rings (SSSR count). The van der Waals surface area contributed by atoms with Gasteiger partial charge in [0.15, 0.2) is 11.6 Å². The number of nitrogens with zero attached hydrogens (tertiary/aromatic N) is 2. The van der Waals surface area contributed by atoms with Gasteiger partial charge in [0.2, 0.25) is 0 Å². The van der Waals surface area contributed by atoms with E-state index in [1.807, 2.05) is 0 Å². The quantitative estimate of drug-likeness (QED) is 0.646. The molecule has 30 heavy (non-hydrogen) atoms. The Morgan fingerprint density at radius 3 is 2.73 bits per heavy atom. The highest BCUT2D eigenvalue weighted by molar-refractivity contribution is 5.90. The minimum atomic E-state index is -5.05. The van der Waals surface area contributed by atoms with Gasteiger partial charge in [-0.05, 0) is 29.8 Å². The highest BCUT2D eigenvalue weighted by Crippen LogP contribution is 2.42. The van der Waals surface area contributed by atoms with E-state index in [0.717, 1.165) is 12.1 Å². The minimum absolute atomic E-state index is 0.127. The van der Waals surface area contributed by atoms with Gasteiger partial charge in [0.1, 0.15) is 23.2 Å². The zero-order valence-corrected chi connectivity index (χ0v) is 15.1. The average molecular weight is 423 g/mol. The number of ether oxygens (including phenoxy) is 2. The van der Waals surface area contributed by atoms with Gasteiger partial charge < -0.3 is 19.2 Å². The van der Waals surface area contributed by atoms with Crippen LogP contribution >= 0.6 is 0 Å². The Morgan fingerprint density at radius 2 is 2.03 bits per heavy atom. The summed E-state index contributed by atoms with van der Waals surface area (Å²) in [6, 6.07) is 6.16. The predicted octanol–water partition coefficient (Wildman–Crippen LogP) is 3.56. The van der Waals surface area contributed by atoms with Gasteiger partial charge in [0, 0.05) is 12.6 Å². The zero-order chi connectivity index (χ0) is 21.4. The lowest BCUT2D eigenvalue weighted by Gasteiger charge is -2.38. The lowest BCUT2D eigenvalue weighted by atomic mass is 9.81. The number of aromatic nitrogens is 2.